The Labute approximate surface area is 179 Å². The molecule has 3 rings (SSSR count). The molecule has 27 heavy (non-hydrogen) atoms. The molecule has 0 aromatic heterocycles. The first-order chi connectivity index (χ1) is 13.1. The lowest BCUT2D eigenvalue weighted by atomic mass is 10.2. The average Bonchev–Trinajstić information content (AvgIpc) is 2.67. The highest BCUT2D eigenvalue weighted by molar-refractivity contribution is 14.1. The maximum absolute atomic E-state index is 12.2. The summed E-state index contributed by atoms with van der Waals surface area (Å²) < 4.78 is 7.92. The molecule has 0 aliphatic rings. The number of carbonyl (C=O) groups is 1. The SMILES string of the molecule is O=C(NN=Cc1ccccc1OCc1cccc(Br)c1)c1cccc(I)c1. The maximum Gasteiger partial charge on any atom is 0.271 e. The molecule has 3 aromatic carbocycles. The van der Waals surface area contributed by atoms with Crippen molar-refractivity contribution in [1.82, 2.24) is 5.43 Å². The summed E-state index contributed by atoms with van der Waals surface area (Å²) in [5, 5.41) is 4.06. The maximum atomic E-state index is 12.2. The highest BCUT2D eigenvalue weighted by Crippen LogP contribution is 2.19. The van der Waals surface area contributed by atoms with Crippen molar-refractivity contribution in [3.63, 3.8) is 0 Å². The molecule has 6 heteroatoms. The highest BCUT2D eigenvalue weighted by Gasteiger charge is 2.05. The number of rotatable bonds is 6. The molecule has 1 N–H and O–H groups in total. The van der Waals surface area contributed by atoms with Gasteiger partial charge in [-0.2, -0.15) is 5.10 Å². The fraction of sp³-hybridized carbons (Fsp3) is 0.0476. The van der Waals surface area contributed by atoms with E-state index < -0.39 is 0 Å². The second-order valence-electron chi connectivity index (χ2n) is 5.67. The van der Waals surface area contributed by atoms with Crippen LogP contribution in [0.2, 0.25) is 0 Å². The van der Waals surface area contributed by atoms with Crippen molar-refractivity contribution in [2.24, 2.45) is 5.10 Å². The van der Waals surface area contributed by atoms with Gasteiger partial charge in [0, 0.05) is 19.2 Å². The van der Waals surface area contributed by atoms with Gasteiger partial charge in [-0.15, -0.1) is 0 Å². The van der Waals surface area contributed by atoms with Gasteiger partial charge in [-0.05, 0) is 70.6 Å². The summed E-state index contributed by atoms with van der Waals surface area (Å²) >= 11 is 5.62. The van der Waals surface area contributed by atoms with E-state index in [1.807, 2.05) is 60.7 Å². The first-order valence-corrected chi connectivity index (χ1v) is 10.0. The van der Waals surface area contributed by atoms with Gasteiger partial charge in [0.1, 0.15) is 12.4 Å². The predicted octanol–water partition coefficient (Wildman–Crippen LogP) is 5.40. The lowest BCUT2D eigenvalue weighted by molar-refractivity contribution is 0.0955. The molecule has 0 radical (unpaired) electrons. The summed E-state index contributed by atoms with van der Waals surface area (Å²) in [6.07, 6.45) is 1.59. The molecule has 0 saturated heterocycles. The zero-order valence-electron chi connectivity index (χ0n) is 14.2. The first kappa shape index (κ1) is 19.6. The summed E-state index contributed by atoms with van der Waals surface area (Å²) in [6.45, 7) is 0.444. The van der Waals surface area contributed by atoms with E-state index in [4.69, 9.17) is 4.74 Å². The van der Waals surface area contributed by atoms with Gasteiger partial charge in [0.25, 0.3) is 5.91 Å². The highest BCUT2D eigenvalue weighted by atomic mass is 127. The molecular weight excluding hydrogens is 519 g/mol. The standard InChI is InChI=1S/C21H16BrIN2O2/c22-18-8-3-5-15(11-18)14-27-20-10-2-1-6-17(20)13-24-25-21(26)16-7-4-9-19(23)12-16/h1-13H,14H2,(H,25,26). The molecule has 0 aliphatic heterocycles. The number of para-hydroxylation sites is 1. The van der Waals surface area contributed by atoms with Gasteiger partial charge in [0.15, 0.2) is 0 Å². The van der Waals surface area contributed by atoms with Crippen molar-refractivity contribution < 1.29 is 9.53 Å². The van der Waals surface area contributed by atoms with Crippen LogP contribution in [0.25, 0.3) is 0 Å². The summed E-state index contributed by atoms with van der Waals surface area (Å²) in [4.78, 5) is 12.2. The molecule has 136 valence electrons. The van der Waals surface area contributed by atoms with Crippen molar-refractivity contribution >= 4 is 50.6 Å². The fourth-order valence-electron chi connectivity index (χ4n) is 2.36. The van der Waals surface area contributed by atoms with Gasteiger partial charge in [-0.1, -0.05) is 46.3 Å². The summed E-state index contributed by atoms with van der Waals surface area (Å²) in [5.74, 6) is 0.446. The lowest BCUT2D eigenvalue weighted by Gasteiger charge is -2.09. The van der Waals surface area contributed by atoms with Crippen LogP contribution < -0.4 is 10.2 Å². The van der Waals surface area contributed by atoms with E-state index in [1.165, 1.54) is 0 Å². The largest absolute Gasteiger partial charge is 0.488 e. The topological polar surface area (TPSA) is 50.7 Å². The third-order valence-corrected chi connectivity index (χ3v) is 4.82. The third-order valence-electron chi connectivity index (χ3n) is 3.66. The van der Waals surface area contributed by atoms with E-state index in [0.29, 0.717) is 17.9 Å². The minimum Gasteiger partial charge on any atom is -0.488 e. The minimum atomic E-state index is -0.252. The number of nitrogens with one attached hydrogen (secondary N) is 1. The van der Waals surface area contributed by atoms with Gasteiger partial charge in [-0.3, -0.25) is 4.79 Å². The van der Waals surface area contributed by atoms with Crippen molar-refractivity contribution in [3.05, 3.63) is 97.5 Å². The Morgan fingerprint density at radius 3 is 2.70 bits per heavy atom. The number of halogens is 2. The van der Waals surface area contributed by atoms with Gasteiger partial charge < -0.3 is 4.74 Å². The number of carbonyl (C=O) groups excluding carboxylic acids is 1. The summed E-state index contributed by atoms with van der Waals surface area (Å²) in [6, 6.07) is 22.8. The Morgan fingerprint density at radius 1 is 1.07 bits per heavy atom. The molecule has 0 aliphatic carbocycles. The third kappa shape index (κ3) is 5.90. The first-order valence-electron chi connectivity index (χ1n) is 8.17. The zero-order chi connectivity index (χ0) is 19.1. The number of nitrogens with zero attached hydrogens (tertiary/aromatic N) is 1. The molecule has 0 atom stereocenters. The van der Waals surface area contributed by atoms with Crippen LogP contribution in [0.15, 0.2) is 82.4 Å². The van der Waals surface area contributed by atoms with E-state index in [2.05, 4.69) is 49.0 Å². The van der Waals surface area contributed by atoms with E-state index in [-0.39, 0.29) is 5.91 Å². The Kier molecular flexibility index (Phi) is 7.00. The minimum absolute atomic E-state index is 0.252. The Morgan fingerprint density at radius 2 is 1.89 bits per heavy atom. The Balaban J connectivity index is 1.65. The second-order valence-corrected chi connectivity index (χ2v) is 7.83. The zero-order valence-corrected chi connectivity index (χ0v) is 18.0. The van der Waals surface area contributed by atoms with Crippen LogP contribution in [-0.2, 0) is 6.61 Å². The van der Waals surface area contributed by atoms with Gasteiger partial charge in [-0.25, -0.2) is 5.43 Å². The molecule has 0 fully saturated rings. The summed E-state index contributed by atoms with van der Waals surface area (Å²) in [5.41, 5.74) is 4.96. The molecule has 3 aromatic rings. The van der Waals surface area contributed by atoms with Crippen molar-refractivity contribution in [3.8, 4) is 5.75 Å². The molecule has 0 spiro atoms. The number of benzene rings is 3. The molecule has 0 bridgehead atoms. The van der Waals surface area contributed by atoms with Crippen LogP contribution in [0.3, 0.4) is 0 Å². The lowest BCUT2D eigenvalue weighted by Crippen LogP contribution is -2.17. The number of hydrogen-bond donors (Lipinski definition) is 1. The number of hydrazone groups is 1. The van der Waals surface area contributed by atoms with Crippen molar-refractivity contribution in [1.29, 1.82) is 0 Å². The van der Waals surface area contributed by atoms with Gasteiger partial charge in [0.05, 0.1) is 6.21 Å². The van der Waals surface area contributed by atoms with E-state index in [9.17, 15) is 4.79 Å². The van der Waals surface area contributed by atoms with Gasteiger partial charge in [0.2, 0.25) is 0 Å². The smallest absolute Gasteiger partial charge is 0.271 e. The quantitative estimate of drug-likeness (QED) is 0.261. The Bertz CT molecular complexity index is 976. The molecule has 0 saturated carbocycles. The van der Waals surface area contributed by atoms with Crippen LogP contribution in [0.4, 0.5) is 0 Å². The van der Waals surface area contributed by atoms with E-state index >= 15 is 0 Å². The van der Waals surface area contributed by atoms with E-state index in [1.54, 1.807) is 18.3 Å². The molecule has 0 unspecified atom stereocenters. The van der Waals surface area contributed by atoms with Crippen LogP contribution in [0, 0.1) is 3.57 Å². The van der Waals surface area contributed by atoms with Crippen LogP contribution in [0.1, 0.15) is 21.5 Å². The number of amides is 1. The van der Waals surface area contributed by atoms with E-state index in [0.717, 1.165) is 19.2 Å². The predicted molar refractivity (Wildman–Crippen MR) is 119 cm³/mol. The van der Waals surface area contributed by atoms with Crippen molar-refractivity contribution in [2.45, 2.75) is 6.61 Å². The van der Waals surface area contributed by atoms with Gasteiger partial charge >= 0.3 is 0 Å². The van der Waals surface area contributed by atoms with Crippen LogP contribution in [0.5, 0.6) is 5.75 Å². The second kappa shape index (κ2) is 9.66. The molecule has 0 heterocycles. The molecular formula is C21H16BrIN2O2. The number of hydrogen-bond acceptors (Lipinski definition) is 3. The summed E-state index contributed by atoms with van der Waals surface area (Å²) in [7, 11) is 0. The van der Waals surface area contributed by atoms with Crippen molar-refractivity contribution in [2.75, 3.05) is 0 Å². The van der Waals surface area contributed by atoms with Crippen LogP contribution in [-0.4, -0.2) is 12.1 Å². The number of ether oxygens (including phenoxy) is 1. The van der Waals surface area contributed by atoms with Crippen LogP contribution >= 0.6 is 38.5 Å². The molecule has 1 amide bonds. The monoisotopic (exact) mass is 534 g/mol. The fourth-order valence-corrected chi connectivity index (χ4v) is 3.35. The molecule has 4 nitrogen and oxygen atoms in total. The Hall–Kier alpha value is -2.19. The average molecular weight is 535 g/mol. The normalized spacial score (nSPS) is 10.7.